The summed E-state index contributed by atoms with van der Waals surface area (Å²) in [6, 6.07) is 10.1. The van der Waals surface area contributed by atoms with Crippen molar-refractivity contribution in [2.24, 2.45) is 0 Å². The Balaban J connectivity index is 1.97. The van der Waals surface area contributed by atoms with Crippen LogP contribution in [-0.4, -0.2) is 25.9 Å². The zero-order chi connectivity index (χ0) is 20.4. The van der Waals surface area contributed by atoms with Crippen molar-refractivity contribution in [2.45, 2.75) is 46.4 Å². The van der Waals surface area contributed by atoms with E-state index in [2.05, 4.69) is 5.32 Å². The van der Waals surface area contributed by atoms with Gasteiger partial charge in [0.1, 0.15) is 12.4 Å². The summed E-state index contributed by atoms with van der Waals surface area (Å²) in [5.41, 5.74) is 1.41. The van der Waals surface area contributed by atoms with Gasteiger partial charge in [0.25, 0.3) is 0 Å². The van der Waals surface area contributed by atoms with Gasteiger partial charge in [0.05, 0.1) is 12.7 Å². The van der Waals surface area contributed by atoms with Crippen molar-refractivity contribution in [3.63, 3.8) is 0 Å². The molecule has 154 valence electrons. The maximum atomic E-state index is 13.8. The van der Waals surface area contributed by atoms with E-state index in [1.54, 1.807) is 24.3 Å². The van der Waals surface area contributed by atoms with E-state index in [-0.39, 0.29) is 18.5 Å². The highest BCUT2D eigenvalue weighted by Gasteiger charge is 2.12. The molecule has 2 aromatic rings. The van der Waals surface area contributed by atoms with Crippen molar-refractivity contribution in [3.8, 4) is 11.5 Å². The van der Waals surface area contributed by atoms with Crippen LogP contribution in [0.3, 0.4) is 0 Å². The third kappa shape index (κ3) is 7.30. The highest BCUT2D eigenvalue weighted by atomic mass is 35.5. The van der Waals surface area contributed by atoms with Crippen molar-refractivity contribution in [1.29, 1.82) is 0 Å². The number of benzene rings is 2. The summed E-state index contributed by atoms with van der Waals surface area (Å²) >= 11 is 6.42. The Bertz CT molecular complexity index is 740. The first-order valence-electron chi connectivity index (χ1n) is 9.65. The van der Waals surface area contributed by atoms with Crippen LogP contribution in [0.5, 0.6) is 11.5 Å². The van der Waals surface area contributed by atoms with Crippen LogP contribution in [0.2, 0.25) is 5.02 Å². The first-order valence-corrected chi connectivity index (χ1v) is 10.0. The normalized spacial score (nSPS) is 11.1. The molecule has 0 amide bonds. The van der Waals surface area contributed by atoms with Crippen LogP contribution >= 0.6 is 11.6 Å². The van der Waals surface area contributed by atoms with Gasteiger partial charge in [0, 0.05) is 29.8 Å². The maximum Gasteiger partial charge on any atom is 0.163 e. The third-order valence-electron chi connectivity index (χ3n) is 4.02. The Morgan fingerprint density at radius 1 is 1.07 bits per heavy atom. The Hall–Kier alpha value is -1.82. The number of nitrogens with one attached hydrogen (secondary N) is 1. The SMILES string of the molecule is CCOc1cc(CNCCCOC(C)C)c(Cl)cc1OCc1ccccc1F. The molecule has 2 aromatic carbocycles. The summed E-state index contributed by atoms with van der Waals surface area (Å²) < 4.78 is 30.8. The lowest BCUT2D eigenvalue weighted by atomic mass is 10.2. The Kier molecular flexibility index (Phi) is 9.55. The van der Waals surface area contributed by atoms with Crippen LogP contribution in [0.1, 0.15) is 38.3 Å². The molecule has 0 unspecified atom stereocenters. The zero-order valence-corrected chi connectivity index (χ0v) is 17.5. The maximum absolute atomic E-state index is 13.8. The summed E-state index contributed by atoms with van der Waals surface area (Å²) in [4.78, 5) is 0. The second-order valence-corrected chi connectivity index (χ2v) is 7.06. The monoisotopic (exact) mass is 409 g/mol. The van der Waals surface area contributed by atoms with Crippen molar-refractivity contribution in [3.05, 3.63) is 58.4 Å². The van der Waals surface area contributed by atoms with Gasteiger partial charge in [0.2, 0.25) is 0 Å². The van der Waals surface area contributed by atoms with Gasteiger partial charge in [-0.15, -0.1) is 0 Å². The van der Waals surface area contributed by atoms with Gasteiger partial charge >= 0.3 is 0 Å². The fraction of sp³-hybridized carbons (Fsp3) is 0.455. The summed E-state index contributed by atoms with van der Waals surface area (Å²) in [5.74, 6) is 0.807. The fourth-order valence-corrected chi connectivity index (χ4v) is 2.82. The predicted molar refractivity (Wildman–Crippen MR) is 111 cm³/mol. The van der Waals surface area contributed by atoms with E-state index in [0.717, 1.165) is 25.1 Å². The molecule has 4 nitrogen and oxygen atoms in total. The summed E-state index contributed by atoms with van der Waals surface area (Å²) in [5, 5.41) is 3.94. The Morgan fingerprint density at radius 3 is 2.54 bits per heavy atom. The predicted octanol–water partition coefficient (Wildman–Crippen LogP) is 5.36. The van der Waals surface area contributed by atoms with Crippen molar-refractivity contribution in [2.75, 3.05) is 19.8 Å². The van der Waals surface area contributed by atoms with Gasteiger partial charge in [-0.1, -0.05) is 29.8 Å². The Labute approximate surface area is 171 Å². The van der Waals surface area contributed by atoms with Crippen LogP contribution in [0, 0.1) is 5.82 Å². The first kappa shape index (κ1) is 22.5. The molecule has 0 atom stereocenters. The smallest absolute Gasteiger partial charge is 0.163 e. The fourth-order valence-electron chi connectivity index (χ4n) is 2.60. The highest BCUT2D eigenvalue weighted by molar-refractivity contribution is 6.31. The molecule has 0 heterocycles. The van der Waals surface area contributed by atoms with Crippen LogP contribution in [0.4, 0.5) is 4.39 Å². The molecule has 2 rings (SSSR count). The first-order chi connectivity index (χ1) is 13.5. The number of ether oxygens (including phenoxy) is 3. The number of hydrogen-bond donors (Lipinski definition) is 1. The minimum absolute atomic E-state index is 0.108. The molecule has 0 bridgehead atoms. The second kappa shape index (κ2) is 11.9. The Morgan fingerprint density at radius 2 is 1.82 bits per heavy atom. The third-order valence-corrected chi connectivity index (χ3v) is 4.37. The minimum Gasteiger partial charge on any atom is -0.490 e. The summed E-state index contributed by atoms with van der Waals surface area (Å²) in [6.07, 6.45) is 1.18. The van der Waals surface area contributed by atoms with Gasteiger partial charge < -0.3 is 19.5 Å². The van der Waals surface area contributed by atoms with Crippen molar-refractivity contribution >= 4 is 11.6 Å². The summed E-state index contributed by atoms with van der Waals surface area (Å²) in [6.45, 7) is 8.74. The van der Waals surface area contributed by atoms with E-state index in [1.807, 2.05) is 26.8 Å². The lowest BCUT2D eigenvalue weighted by Crippen LogP contribution is -2.17. The van der Waals surface area contributed by atoms with Crippen LogP contribution in [0.15, 0.2) is 36.4 Å². The van der Waals surface area contributed by atoms with Gasteiger partial charge in [-0.05, 0) is 51.4 Å². The molecule has 1 N–H and O–H groups in total. The van der Waals surface area contributed by atoms with Crippen molar-refractivity contribution < 1.29 is 18.6 Å². The van der Waals surface area contributed by atoms with Crippen LogP contribution in [-0.2, 0) is 17.9 Å². The molecule has 0 saturated carbocycles. The molecule has 0 saturated heterocycles. The number of halogens is 2. The number of hydrogen-bond acceptors (Lipinski definition) is 4. The quantitative estimate of drug-likeness (QED) is 0.479. The van der Waals surface area contributed by atoms with Gasteiger partial charge in [-0.3, -0.25) is 0 Å². The van der Waals surface area contributed by atoms with E-state index >= 15 is 0 Å². The molecule has 28 heavy (non-hydrogen) atoms. The molecular weight excluding hydrogens is 381 g/mol. The van der Waals surface area contributed by atoms with E-state index < -0.39 is 0 Å². The average molecular weight is 410 g/mol. The standard InChI is InChI=1S/C22H29ClFNO3/c1-4-26-21-12-18(14-25-10-7-11-27-16(2)3)19(23)13-22(21)28-15-17-8-5-6-9-20(17)24/h5-6,8-9,12-13,16,25H,4,7,10-11,14-15H2,1-3H3. The zero-order valence-electron chi connectivity index (χ0n) is 16.8. The van der Waals surface area contributed by atoms with Gasteiger partial charge in [-0.25, -0.2) is 4.39 Å². The van der Waals surface area contributed by atoms with E-state index in [0.29, 0.717) is 35.2 Å². The summed E-state index contributed by atoms with van der Waals surface area (Å²) in [7, 11) is 0. The lowest BCUT2D eigenvalue weighted by molar-refractivity contribution is 0.0770. The van der Waals surface area contributed by atoms with Crippen LogP contribution in [0.25, 0.3) is 0 Å². The highest BCUT2D eigenvalue weighted by Crippen LogP contribution is 2.34. The van der Waals surface area contributed by atoms with Gasteiger partial charge in [0.15, 0.2) is 11.5 Å². The molecule has 6 heteroatoms. The molecule has 0 aliphatic rings. The van der Waals surface area contributed by atoms with Gasteiger partial charge in [-0.2, -0.15) is 0 Å². The molecule has 0 aliphatic heterocycles. The van der Waals surface area contributed by atoms with E-state index in [4.69, 9.17) is 25.8 Å². The minimum atomic E-state index is -0.297. The topological polar surface area (TPSA) is 39.7 Å². The molecular formula is C22H29ClFNO3. The second-order valence-electron chi connectivity index (χ2n) is 6.65. The molecule has 0 radical (unpaired) electrons. The largest absolute Gasteiger partial charge is 0.490 e. The van der Waals surface area contributed by atoms with Crippen LogP contribution < -0.4 is 14.8 Å². The van der Waals surface area contributed by atoms with Crippen molar-refractivity contribution in [1.82, 2.24) is 5.32 Å². The molecule has 0 spiro atoms. The molecule has 0 fully saturated rings. The molecule has 0 aliphatic carbocycles. The van der Waals surface area contributed by atoms with E-state index in [1.165, 1.54) is 6.07 Å². The lowest BCUT2D eigenvalue weighted by Gasteiger charge is -2.16. The average Bonchev–Trinajstić information content (AvgIpc) is 2.66. The molecule has 0 aromatic heterocycles. The van der Waals surface area contributed by atoms with E-state index in [9.17, 15) is 4.39 Å². The number of rotatable bonds is 12.